The molecule has 6 heteroatoms. The van der Waals surface area contributed by atoms with Crippen molar-refractivity contribution in [3.8, 4) is 5.75 Å². The van der Waals surface area contributed by atoms with E-state index in [9.17, 15) is 14.9 Å². The Morgan fingerprint density at radius 2 is 1.78 bits per heavy atom. The van der Waals surface area contributed by atoms with Crippen LogP contribution in [0.1, 0.15) is 12.5 Å². The molecular formula is C17H18N2O4. The fourth-order valence-electron chi connectivity index (χ4n) is 2.19. The number of carbonyl (C=O) groups is 1. The summed E-state index contributed by atoms with van der Waals surface area (Å²) in [5.41, 5.74) is 0.846. The highest BCUT2D eigenvalue weighted by Gasteiger charge is 2.23. The number of ether oxygens (including phenoxy) is 1. The molecule has 0 saturated carbocycles. The molecule has 2 aromatic rings. The number of nitrogens with zero attached hydrogens (tertiary/aromatic N) is 2. The first-order valence-electron chi connectivity index (χ1n) is 7.18. The lowest BCUT2D eigenvalue weighted by Gasteiger charge is -2.22. The van der Waals surface area contributed by atoms with Crippen molar-refractivity contribution in [2.45, 2.75) is 19.6 Å². The third kappa shape index (κ3) is 4.29. The molecule has 2 aromatic carbocycles. The zero-order valence-corrected chi connectivity index (χ0v) is 13.0. The molecule has 23 heavy (non-hydrogen) atoms. The molecule has 120 valence electrons. The number of likely N-dealkylation sites (N-methyl/N-ethyl adjacent to an activating group) is 1. The predicted octanol–water partition coefficient (Wildman–Crippen LogP) is 3.02. The number of rotatable bonds is 6. The maximum atomic E-state index is 12.4. The van der Waals surface area contributed by atoms with Crippen LogP contribution in [-0.2, 0) is 11.3 Å². The highest BCUT2D eigenvalue weighted by Crippen LogP contribution is 2.27. The number of hydrogen-bond donors (Lipinski definition) is 0. The van der Waals surface area contributed by atoms with E-state index in [2.05, 4.69) is 0 Å². The van der Waals surface area contributed by atoms with E-state index >= 15 is 0 Å². The Bertz CT molecular complexity index is 688. The number of carbonyl (C=O) groups excluding carboxylic acids is 1. The van der Waals surface area contributed by atoms with Gasteiger partial charge in [-0.05, 0) is 18.6 Å². The Balaban J connectivity index is 2.04. The zero-order valence-electron chi connectivity index (χ0n) is 13.0. The van der Waals surface area contributed by atoms with Gasteiger partial charge in [0.2, 0.25) is 0 Å². The zero-order chi connectivity index (χ0) is 16.8. The second kappa shape index (κ2) is 7.40. The molecule has 0 unspecified atom stereocenters. The van der Waals surface area contributed by atoms with E-state index in [0.29, 0.717) is 6.54 Å². The van der Waals surface area contributed by atoms with Crippen LogP contribution in [0.15, 0.2) is 54.6 Å². The molecule has 2 rings (SSSR count). The maximum Gasteiger partial charge on any atom is 0.310 e. The molecule has 0 N–H and O–H groups in total. The minimum Gasteiger partial charge on any atom is -0.474 e. The van der Waals surface area contributed by atoms with Crippen molar-refractivity contribution in [1.82, 2.24) is 4.90 Å². The average Bonchev–Trinajstić information content (AvgIpc) is 2.55. The Kier molecular flexibility index (Phi) is 5.30. The molecule has 0 bridgehead atoms. The van der Waals surface area contributed by atoms with E-state index in [4.69, 9.17) is 4.74 Å². The van der Waals surface area contributed by atoms with Gasteiger partial charge in [-0.15, -0.1) is 0 Å². The van der Waals surface area contributed by atoms with Gasteiger partial charge in [0.15, 0.2) is 11.9 Å². The molecule has 0 aliphatic carbocycles. The summed E-state index contributed by atoms with van der Waals surface area (Å²) in [4.78, 5) is 24.4. The second-order valence-electron chi connectivity index (χ2n) is 5.16. The number of nitro groups is 1. The van der Waals surface area contributed by atoms with Gasteiger partial charge in [0.05, 0.1) is 4.92 Å². The lowest BCUT2D eigenvalue weighted by atomic mass is 10.2. The summed E-state index contributed by atoms with van der Waals surface area (Å²) in [6, 6.07) is 15.6. The van der Waals surface area contributed by atoms with E-state index in [0.717, 1.165) is 5.56 Å². The first kappa shape index (κ1) is 16.5. The molecule has 1 amide bonds. The molecular weight excluding hydrogens is 296 g/mol. The fourth-order valence-corrected chi connectivity index (χ4v) is 2.19. The minimum absolute atomic E-state index is 0.0893. The molecule has 0 saturated heterocycles. The van der Waals surface area contributed by atoms with E-state index in [1.807, 2.05) is 30.3 Å². The molecule has 1 atom stereocenters. The Morgan fingerprint density at radius 1 is 1.17 bits per heavy atom. The SMILES string of the molecule is C[C@H](Oc1ccccc1[N+](=O)[O-])C(=O)N(C)Cc1ccccc1. The summed E-state index contributed by atoms with van der Waals surface area (Å²) in [5.74, 6) is -0.154. The van der Waals surface area contributed by atoms with Gasteiger partial charge in [-0.1, -0.05) is 42.5 Å². The Morgan fingerprint density at radius 3 is 2.43 bits per heavy atom. The molecule has 0 heterocycles. The number of benzene rings is 2. The van der Waals surface area contributed by atoms with Crippen LogP contribution in [-0.4, -0.2) is 28.9 Å². The predicted molar refractivity (Wildman–Crippen MR) is 86.1 cm³/mol. The lowest BCUT2D eigenvalue weighted by molar-refractivity contribution is -0.386. The lowest BCUT2D eigenvalue weighted by Crippen LogP contribution is -2.37. The van der Waals surface area contributed by atoms with Crippen LogP contribution in [0.25, 0.3) is 0 Å². The summed E-state index contributed by atoms with van der Waals surface area (Å²) in [6.45, 7) is 2.03. The number of nitro benzene ring substituents is 1. The number of hydrogen-bond acceptors (Lipinski definition) is 4. The summed E-state index contributed by atoms with van der Waals surface area (Å²) >= 11 is 0. The van der Waals surface area contributed by atoms with Gasteiger partial charge >= 0.3 is 5.69 Å². The Labute approximate surface area is 134 Å². The fraction of sp³-hybridized carbons (Fsp3) is 0.235. The van der Waals surface area contributed by atoms with Gasteiger partial charge in [0, 0.05) is 19.7 Å². The number of amides is 1. The van der Waals surface area contributed by atoms with Crippen molar-refractivity contribution in [2.24, 2.45) is 0 Å². The second-order valence-corrected chi connectivity index (χ2v) is 5.16. The molecule has 0 aliphatic heterocycles. The van der Waals surface area contributed by atoms with Crippen LogP contribution >= 0.6 is 0 Å². The topological polar surface area (TPSA) is 72.7 Å². The van der Waals surface area contributed by atoms with Crippen molar-refractivity contribution in [1.29, 1.82) is 0 Å². The smallest absolute Gasteiger partial charge is 0.310 e. The van der Waals surface area contributed by atoms with Crippen LogP contribution in [0.2, 0.25) is 0 Å². The van der Waals surface area contributed by atoms with E-state index in [1.54, 1.807) is 26.1 Å². The van der Waals surface area contributed by atoms with Crippen molar-refractivity contribution in [3.05, 3.63) is 70.3 Å². The first-order chi connectivity index (χ1) is 11.0. The van der Waals surface area contributed by atoms with Gasteiger partial charge in [-0.2, -0.15) is 0 Å². The molecule has 0 aromatic heterocycles. The van der Waals surface area contributed by atoms with Crippen LogP contribution in [0.5, 0.6) is 5.75 Å². The monoisotopic (exact) mass is 314 g/mol. The molecule has 0 aliphatic rings. The van der Waals surface area contributed by atoms with Crippen LogP contribution in [0, 0.1) is 10.1 Å². The molecule has 6 nitrogen and oxygen atoms in total. The highest BCUT2D eigenvalue weighted by molar-refractivity contribution is 5.80. The van der Waals surface area contributed by atoms with Crippen molar-refractivity contribution < 1.29 is 14.5 Å². The average molecular weight is 314 g/mol. The van der Waals surface area contributed by atoms with Gasteiger partial charge in [-0.25, -0.2) is 0 Å². The Hall–Kier alpha value is -2.89. The van der Waals surface area contributed by atoms with Crippen molar-refractivity contribution >= 4 is 11.6 Å². The summed E-state index contributed by atoms with van der Waals surface area (Å²) in [7, 11) is 1.68. The summed E-state index contributed by atoms with van der Waals surface area (Å²) < 4.78 is 5.49. The minimum atomic E-state index is -0.815. The van der Waals surface area contributed by atoms with Crippen molar-refractivity contribution in [3.63, 3.8) is 0 Å². The normalized spacial score (nSPS) is 11.6. The van der Waals surface area contributed by atoms with E-state index < -0.39 is 11.0 Å². The van der Waals surface area contributed by atoms with Crippen LogP contribution in [0.4, 0.5) is 5.69 Å². The van der Waals surface area contributed by atoms with Crippen LogP contribution in [0.3, 0.4) is 0 Å². The van der Waals surface area contributed by atoms with Gasteiger partial charge < -0.3 is 9.64 Å². The maximum absolute atomic E-state index is 12.4. The molecule has 0 radical (unpaired) electrons. The van der Waals surface area contributed by atoms with E-state index in [-0.39, 0.29) is 17.3 Å². The highest BCUT2D eigenvalue weighted by atomic mass is 16.6. The quantitative estimate of drug-likeness (QED) is 0.607. The number of para-hydroxylation sites is 2. The molecule has 0 fully saturated rings. The van der Waals surface area contributed by atoms with Gasteiger partial charge in [-0.3, -0.25) is 14.9 Å². The third-order valence-corrected chi connectivity index (χ3v) is 3.35. The summed E-state index contributed by atoms with van der Waals surface area (Å²) in [5, 5.41) is 11.0. The third-order valence-electron chi connectivity index (χ3n) is 3.35. The van der Waals surface area contributed by atoms with Gasteiger partial charge in [0.25, 0.3) is 5.91 Å². The van der Waals surface area contributed by atoms with Crippen molar-refractivity contribution in [2.75, 3.05) is 7.05 Å². The van der Waals surface area contributed by atoms with Crippen LogP contribution < -0.4 is 4.74 Å². The standard InChI is InChI=1S/C17H18N2O4/c1-13(23-16-11-7-6-10-15(16)19(21)22)17(20)18(2)12-14-8-4-3-5-9-14/h3-11,13H,12H2,1-2H3/t13-/m0/s1. The largest absolute Gasteiger partial charge is 0.474 e. The van der Waals surface area contributed by atoms with E-state index in [1.165, 1.54) is 17.0 Å². The first-order valence-corrected chi connectivity index (χ1v) is 7.18. The van der Waals surface area contributed by atoms with Gasteiger partial charge in [0.1, 0.15) is 0 Å². The molecule has 0 spiro atoms. The summed E-state index contributed by atoms with van der Waals surface area (Å²) in [6.07, 6.45) is -0.815.